The fourth-order valence-corrected chi connectivity index (χ4v) is 3.05. The van der Waals surface area contributed by atoms with Crippen molar-refractivity contribution in [2.75, 3.05) is 53.6 Å². The second-order valence-corrected chi connectivity index (χ2v) is 5.84. The third-order valence-corrected chi connectivity index (χ3v) is 4.43. The topological polar surface area (TPSA) is 45.2 Å². The van der Waals surface area contributed by atoms with Crippen molar-refractivity contribution in [3.8, 4) is 11.5 Å². The van der Waals surface area contributed by atoms with Gasteiger partial charge in [0.1, 0.15) is 0 Å². The van der Waals surface area contributed by atoms with Crippen molar-refractivity contribution in [3.63, 3.8) is 0 Å². The molecule has 1 aromatic rings. The van der Waals surface area contributed by atoms with E-state index in [0.29, 0.717) is 6.04 Å². The van der Waals surface area contributed by atoms with Gasteiger partial charge in [-0.15, -0.1) is 0 Å². The molecule has 0 aromatic heterocycles. The number of benzene rings is 1. The molecule has 1 aromatic carbocycles. The second-order valence-electron chi connectivity index (χ2n) is 5.84. The van der Waals surface area contributed by atoms with E-state index in [0.717, 1.165) is 50.6 Å². The second kappa shape index (κ2) is 8.36. The van der Waals surface area contributed by atoms with Crippen molar-refractivity contribution in [2.45, 2.75) is 19.4 Å². The molecular formula is C17H28N2O3. The number of aliphatic hydroxyl groups is 1. The molecule has 0 aliphatic carbocycles. The summed E-state index contributed by atoms with van der Waals surface area (Å²) in [7, 11) is 3.33. The maximum Gasteiger partial charge on any atom is 0.160 e. The van der Waals surface area contributed by atoms with Gasteiger partial charge in [0, 0.05) is 38.8 Å². The predicted octanol–water partition coefficient (Wildman–Crippen LogP) is 1.24. The lowest BCUT2D eigenvalue weighted by atomic mass is 10.0. The first-order valence-electron chi connectivity index (χ1n) is 7.96. The third-order valence-electron chi connectivity index (χ3n) is 4.43. The maximum atomic E-state index is 9.00. The molecule has 1 saturated heterocycles. The van der Waals surface area contributed by atoms with Gasteiger partial charge in [-0.1, -0.05) is 6.07 Å². The summed E-state index contributed by atoms with van der Waals surface area (Å²) in [4.78, 5) is 4.84. The molecule has 0 spiro atoms. The number of β-amino-alcohol motifs (C(OH)–C–C–N with tert-alkyl or cyclic N) is 1. The zero-order valence-corrected chi connectivity index (χ0v) is 13.9. The largest absolute Gasteiger partial charge is 0.493 e. The summed E-state index contributed by atoms with van der Waals surface area (Å²) in [5.41, 5.74) is 1.27. The summed E-state index contributed by atoms with van der Waals surface area (Å²) in [6.45, 7) is 7.52. The van der Waals surface area contributed by atoms with Crippen LogP contribution in [-0.4, -0.2) is 74.5 Å². The molecule has 0 saturated carbocycles. The smallest absolute Gasteiger partial charge is 0.160 e. The summed E-state index contributed by atoms with van der Waals surface area (Å²) in [6, 6.07) is 6.64. The van der Waals surface area contributed by atoms with E-state index in [-0.39, 0.29) is 6.61 Å². The minimum absolute atomic E-state index is 0.251. The van der Waals surface area contributed by atoms with Gasteiger partial charge in [0.25, 0.3) is 0 Å². The van der Waals surface area contributed by atoms with E-state index in [9.17, 15) is 0 Å². The SMILES string of the molecule is COc1ccc(C[C@@H](C)N2CCN(CCO)CC2)cc1OC. The average Bonchev–Trinajstić information content (AvgIpc) is 2.55. The molecule has 1 N–H and O–H groups in total. The molecular weight excluding hydrogens is 280 g/mol. The Kier molecular flexibility index (Phi) is 6.49. The van der Waals surface area contributed by atoms with Gasteiger partial charge < -0.3 is 14.6 Å². The number of piperazine rings is 1. The van der Waals surface area contributed by atoms with E-state index in [1.54, 1.807) is 14.2 Å². The molecule has 22 heavy (non-hydrogen) atoms. The van der Waals surface area contributed by atoms with Crippen LogP contribution in [0.25, 0.3) is 0 Å². The standard InChI is InChI=1S/C17H28N2O3/c1-14(19-8-6-18(7-9-19)10-11-20)12-15-4-5-16(21-2)17(13-15)22-3/h4-5,13-14,20H,6-12H2,1-3H3/t14-/m1/s1. The van der Waals surface area contributed by atoms with E-state index < -0.39 is 0 Å². The Balaban J connectivity index is 1.91. The van der Waals surface area contributed by atoms with Crippen LogP contribution in [0.4, 0.5) is 0 Å². The average molecular weight is 308 g/mol. The fourth-order valence-electron chi connectivity index (χ4n) is 3.05. The first-order chi connectivity index (χ1) is 10.7. The molecule has 1 fully saturated rings. The minimum Gasteiger partial charge on any atom is -0.493 e. The van der Waals surface area contributed by atoms with Crippen molar-refractivity contribution in [2.24, 2.45) is 0 Å². The summed E-state index contributed by atoms with van der Waals surface area (Å²) in [6.07, 6.45) is 1.00. The highest BCUT2D eigenvalue weighted by atomic mass is 16.5. The van der Waals surface area contributed by atoms with E-state index in [2.05, 4.69) is 28.9 Å². The van der Waals surface area contributed by atoms with Gasteiger partial charge in [0.05, 0.1) is 20.8 Å². The molecule has 5 nitrogen and oxygen atoms in total. The van der Waals surface area contributed by atoms with E-state index in [1.165, 1.54) is 5.56 Å². The molecule has 0 radical (unpaired) electrons. The van der Waals surface area contributed by atoms with Crippen molar-refractivity contribution >= 4 is 0 Å². The van der Waals surface area contributed by atoms with Gasteiger partial charge in [-0.05, 0) is 31.0 Å². The van der Waals surface area contributed by atoms with E-state index >= 15 is 0 Å². The zero-order valence-electron chi connectivity index (χ0n) is 13.9. The maximum absolute atomic E-state index is 9.00. The number of rotatable bonds is 7. The normalized spacial score (nSPS) is 18.2. The zero-order chi connectivity index (χ0) is 15.9. The summed E-state index contributed by atoms with van der Waals surface area (Å²) < 4.78 is 10.7. The van der Waals surface area contributed by atoms with Crippen LogP contribution in [0.2, 0.25) is 0 Å². The van der Waals surface area contributed by atoms with Crippen LogP contribution in [0.5, 0.6) is 11.5 Å². The first kappa shape index (κ1) is 17.1. The van der Waals surface area contributed by atoms with Crippen LogP contribution in [0.3, 0.4) is 0 Å². The Morgan fingerprint density at radius 1 is 1.09 bits per heavy atom. The van der Waals surface area contributed by atoms with Crippen LogP contribution < -0.4 is 9.47 Å². The molecule has 2 rings (SSSR count). The number of aliphatic hydroxyl groups excluding tert-OH is 1. The Bertz CT molecular complexity index is 459. The van der Waals surface area contributed by atoms with Crippen LogP contribution in [-0.2, 0) is 6.42 Å². The highest BCUT2D eigenvalue weighted by Gasteiger charge is 2.21. The van der Waals surface area contributed by atoms with Crippen LogP contribution in [0.1, 0.15) is 12.5 Å². The lowest BCUT2D eigenvalue weighted by Crippen LogP contribution is -2.50. The number of ether oxygens (including phenoxy) is 2. The molecule has 1 aliphatic rings. The highest BCUT2D eigenvalue weighted by Crippen LogP contribution is 2.28. The van der Waals surface area contributed by atoms with E-state index in [1.807, 2.05) is 6.07 Å². The highest BCUT2D eigenvalue weighted by molar-refractivity contribution is 5.43. The van der Waals surface area contributed by atoms with Crippen molar-refractivity contribution in [1.82, 2.24) is 9.80 Å². The number of hydrogen-bond donors (Lipinski definition) is 1. The fraction of sp³-hybridized carbons (Fsp3) is 0.647. The first-order valence-corrected chi connectivity index (χ1v) is 7.96. The van der Waals surface area contributed by atoms with E-state index in [4.69, 9.17) is 14.6 Å². The molecule has 0 amide bonds. The Labute approximate surface area is 133 Å². The van der Waals surface area contributed by atoms with Crippen molar-refractivity contribution in [3.05, 3.63) is 23.8 Å². The van der Waals surface area contributed by atoms with Gasteiger partial charge in [-0.2, -0.15) is 0 Å². The predicted molar refractivity (Wildman–Crippen MR) is 87.8 cm³/mol. The molecule has 0 bridgehead atoms. The van der Waals surface area contributed by atoms with Gasteiger partial charge >= 0.3 is 0 Å². The Morgan fingerprint density at radius 2 is 1.77 bits per heavy atom. The number of nitrogens with zero attached hydrogens (tertiary/aromatic N) is 2. The van der Waals surface area contributed by atoms with Crippen molar-refractivity contribution < 1.29 is 14.6 Å². The molecule has 5 heteroatoms. The monoisotopic (exact) mass is 308 g/mol. The molecule has 124 valence electrons. The lowest BCUT2D eigenvalue weighted by molar-refractivity contribution is 0.0888. The summed E-state index contributed by atoms with van der Waals surface area (Å²) in [5, 5.41) is 9.00. The molecule has 1 aliphatic heterocycles. The Hall–Kier alpha value is -1.30. The number of methoxy groups -OCH3 is 2. The molecule has 1 atom stereocenters. The molecule has 0 unspecified atom stereocenters. The van der Waals surface area contributed by atoms with Crippen LogP contribution in [0.15, 0.2) is 18.2 Å². The van der Waals surface area contributed by atoms with Gasteiger partial charge in [-0.3, -0.25) is 9.80 Å². The third kappa shape index (κ3) is 4.35. The van der Waals surface area contributed by atoms with Crippen LogP contribution >= 0.6 is 0 Å². The van der Waals surface area contributed by atoms with Crippen molar-refractivity contribution in [1.29, 1.82) is 0 Å². The van der Waals surface area contributed by atoms with Crippen LogP contribution in [0, 0.1) is 0 Å². The van der Waals surface area contributed by atoms with Gasteiger partial charge in [-0.25, -0.2) is 0 Å². The quantitative estimate of drug-likeness (QED) is 0.821. The molecule has 1 heterocycles. The lowest BCUT2D eigenvalue weighted by Gasteiger charge is -2.38. The van der Waals surface area contributed by atoms with Gasteiger partial charge in [0.15, 0.2) is 11.5 Å². The number of hydrogen-bond acceptors (Lipinski definition) is 5. The summed E-state index contributed by atoms with van der Waals surface area (Å²) >= 11 is 0. The Morgan fingerprint density at radius 3 is 2.36 bits per heavy atom. The van der Waals surface area contributed by atoms with Gasteiger partial charge in [0.2, 0.25) is 0 Å². The minimum atomic E-state index is 0.251. The summed E-state index contributed by atoms with van der Waals surface area (Å²) in [5.74, 6) is 1.57.